The Labute approximate surface area is 99.8 Å². The number of carbonyl (C=O) groups excluding carboxylic acids is 1. The minimum absolute atomic E-state index is 0.0776. The first-order valence-electron chi connectivity index (χ1n) is 5.44. The fourth-order valence-corrected chi connectivity index (χ4v) is 2.69. The van der Waals surface area contributed by atoms with Gasteiger partial charge in [-0.3, -0.25) is 4.79 Å². The third kappa shape index (κ3) is 2.22. The van der Waals surface area contributed by atoms with Crippen LogP contribution >= 0.6 is 11.3 Å². The molecule has 0 amide bonds. The predicted octanol–water partition coefficient (Wildman–Crippen LogP) is 3.86. The van der Waals surface area contributed by atoms with Crippen LogP contribution < -0.4 is 0 Å². The first kappa shape index (κ1) is 11.1. The van der Waals surface area contributed by atoms with Crippen molar-refractivity contribution in [3.05, 3.63) is 58.3 Å². The van der Waals surface area contributed by atoms with E-state index in [-0.39, 0.29) is 11.7 Å². The Balaban J connectivity index is 2.40. The maximum absolute atomic E-state index is 12.0. The highest BCUT2D eigenvalue weighted by Crippen LogP contribution is 2.29. The van der Waals surface area contributed by atoms with E-state index in [0.29, 0.717) is 6.42 Å². The van der Waals surface area contributed by atoms with Crippen molar-refractivity contribution in [2.24, 2.45) is 0 Å². The molecule has 2 heteroatoms. The molecule has 1 unspecified atom stereocenters. The van der Waals surface area contributed by atoms with Crippen LogP contribution in [0.15, 0.2) is 47.8 Å². The summed E-state index contributed by atoms with van der Waals surface area (Å²) in [4.78, 5) is 13.2. The smallest absolute Gasteiger partial charge is 0.145 e. The number of Topliss-reactive ketones (excluding diaryl/α,β-unsaturated/α-hetero) is 1. The molecule has 0 aliphatic heterocycles. The quantitative estimate of drug-likeness (QED) is 0.779. The lowest BCUT2D eigenvalue weighted by Gasteiger charge is -2.13. The minimum Gasteiger partial charge on any atom is -0.299 e. The predicted molar refractivity (Wildman–Crippen MR) is 67.9 cm³/mol. The van der Waals surface area contributed by atoms with Crippen LogP contribution in [0.25, 0.3) is 0 Å². The van der Waals surface area contributed by atoms with Crippen molar-refractivity contribution in [2.75, 3.05) is 0 Å². The van der Waals surface area contributed by atoms with Crippen LogP contribution in [0.5, 0.6) is 0 Å². The van der Waals surface area contributed by atoms with Gasteiger partial charge in [0.25, 0.3) is 0 Å². The molecule has 0 saturated carbocycles. The molecule has 0 saturated heterocycles. The summed E-state index contributed by atoms with van der Waals surface area (Å²) in [6.07, 6.45) is 0.581. The Morgan fingerprint density at radius 2 is 1.94 bits per heavy atom. The molecule has 1 atom stereocenters. The Hall–Kier alpha value is -1.41. The molecule has 2 rings (SSSR count). The van der Waals surface area contributed by atoms with Crippen LogP contribution in [0.2, 0.25) is 0 Å². The van der Waals surface area contributed by atoms with E-state index in [1.54, 1.807) is 11.3 Å². The number of rotatable bonds is 4. The molecule has 82 valence electrons. The summed E-state index contributed by atoms with van der Waals surface area (Å²) in [5.74, 6) is 0.208. The number of hydrogen-bond acceptors (Lipinski definition) is 2. The van der Waals surface area contributed by atoms with Gasteiger partial charge in [-0.25, -0.2) is 0 Å². The molecule has 0 radical (unpaired) electrons. The molecule has 1 heterocycles. The van der Waals surface area contributed by atoms with Crippen molar-refractivity contribution in [3.63, 3.8) is 0 Å². The molecule has 16 heavy (non-hydrogen) atoms. The van der Waals surface area contributed by atoms with E-state index in [1.165, 1.54) is 0 Å². The molecule has 0 aliphatic rings. The first-order chi connectivity index (χ1) is 7.83. The second kappa shape index (κ2) is 5.08. The summed E-state index contributed by atoms with van der Waals surface area (Å²) in [6.45, 7) is 1.92. The Morgan fingerprint density at radius 1 is 1.19 bits per heavy atom. The molecular weight excluding hydrogens is 216 g/mol. The van der Waals surface area contributed by atoms with Crippen molar-refractivity contribution in [1.82, 2.24) is 0 Å². The van der Waals surface area contributed by atoms with Crippen LogP contribution in [0.4, 0.5) is 0 Å². The number of thiophene rings is 1. The van der Waals surface area contributed by atoms with Gasteiger partial charge in [0.2, 0.25) is 0 Å². The lowest BCUT2D eigenvalue weighted by molar-refractivity contribution is -0.119. The SMILES string of the molecule is CCC(=O)C(c1ccccc1)c1cccs1. The van der Waals surface area contributed by atoms with Crippen molar-refractivity contribution >= 4 is 17.1 Å². The third-order valence-electron chi connectivity index (χ3n) is 2.63. The van der Waals surface area contributed by atoms with E-state index in [0.717, 1.165) is 10.4 Å². The van der Waals surface area contributed by atoms with Crippen molar-refractivity contribution < 1.29 is 4.79 Å². The Kier molecular flexibility index (Phi) is 3.52. The van der Waals surface area contributed by atoms with Gasteiger partial charge in [-0.1, -0.05) is 43.3 Å². The standard InChI is InChI=1S/C14H14OS/c1-2-12(15)14(13-9-6-10-16-13)11-7-4-3-5-8-11/h3-10,14H,2H2,1H3. The van der Waals surface area contributed by atoms with Crippen LogP contribution in [0.1, 0.15) is 29.7 Å². The van der Waals surface area contributed by atoms with Crippen LogP contribution in [0.3, 0.4) is 0 Å². The molecule has 0 N–H and O–H groups in total. The number of hydrogen-bond donors (Lipinski definition) is 0. The Morgan fingerprint density at radius 3 is 2.50 bits per heavy atom. The fraction of sp³-hybridized carbons (Fsp3) is 0.214. The maximum atomic E-state index is 12.0. The third-order valence-corrected chi connectivity index (χ3v) is 3.57. The zero-order chi connectivity index (χ0) is 11.4. The highest BCUT2D eigenvalue weighted by Gasteiger charge is 2.21. The summed E-state index contributed by atoms with van der Waals surface area (Å²) in [6, 6.07) is 14.0. The summed E-state index contributed by atoms with van der Waals surface area (Å²) >= 11 is 1.65. The average molecular weight is 230 g/mol. The normalized spacial score (nSPS) is 12.3. The molecule has 1 nitrogen and oxygen atoms in total. The second-order valence-corrected chi connectivity index (χ2v) is 4.66. The number of carbonyl (C=O) groups is 1. The van der Waals surface area contributed by atoms with Gasteiger partial charge in [0.1, 0.15) is 5.78 Å². The van der Waals surface area contributed by atoms with Gasteiger partial charge in [-0.2, -0.15) is 0 Å². The van der Waals surface area contributed by atoms with E-state index < -0.39 is 0 Å². The Bertz CT molecular complexity index is 445. The van der Waals surface area contributed by atoms with Crippen molar-refractivity contribution in [1.29, 1.82) is 0 Å². The highest BCUT2D eigenvalue weighted by molar-refractivity contribution is 7.10. The summed E-state index contributed by atoms with van der Waals surface area (Å²) in [7, 11) is 0. The molecular formula is C14H14OS. The van der Waals surface area contributed by atoms with Crippen molar-refractivity contribution in [2.45, 2.75) is 19.3 Å². The zero-order valence-corrected chi connectivity index (χ0v) is 10.0. The van der Waals surface area contributed by atoms with Gasteiger partial charge in [-0.05, 0) is 17.0 Å². The minimum atomic E-state index is -0.0776. The molecule has 1 aromatic heterocycles. The van der Waals surface area contributed by atoms with Gasteiger partial charge in [0, 0.05) is 11.3 Å². The lowest BCUT2D eigenvalue weighted by atomic mass is 9.92. The van der Waals surface area contributed by atoms with Gasteiger partial charge in [0.05, 0.1) is 5.92 Å². The fourth-order valence-electron chi connectivity index (χ4n) is 1.81. The maximum Gasteiger partial charge on any atom is 0.145 e. The molecule has 0 bridgehead atoms. The molecule has 1 aromatic carbocycles. The summed E-state index contributed by atoms with van der Waals surface area (Å²) in [5, 5.41) is 2.02. The zero-order valence-electron chi connectivity index (χ0n) is 9.22. The van der Waals surface area contributed by atoms with Crippen LogP contribution in [-0.2, 0) is 4.79 Å². The van der Waals surface area contributed by atoms with E-state index in [9.17, 15) is 4.79 Å². The lowest BCUT2D eigenvalue weighted by Crippen LogP contribution is -2.11. The highest BCUT2D eigenvalue weighted by atomic mass is 32.1. The second-order valence-electron chi connectivity index (χ2n) is 3.68. The van der Waals surface area contributed by atoms with E-state index >= 15 is 0 Å². The van der Waals surface area contributed by atoms with E-state index in [4.69, 9.17) is 0 Å². The summed E-state index contributed by atoms with van der Waals surface area (Å²) in [5.41, 5.74) is 1.09. The van der Waals surface area contributed by atoms with Crippen LogP contribution in [-0.4, -0.2) is 5.78 Å². The van der Waals surface area contributed by atoms with E-state index in [2.05, 4.69) is 0 Å². The van der Waals surface area contributed by atoms with Gasteiger partial charge >= 0.3 is 0 Å². The summed E-state index contributed by atoms with van der Waals surface area (Å²) < 4.78 is 0. The first-order valence-corrected chi connectivity index (χ1v) is 6.32. The molecule has 0 spiro atoms. The molecule has 0 aliphatic carbocycles. The number of benzene rings is 1. The van der Waals surface area contributed by atoms with Crippen molar-refractivity contribution in [3.8, 4) is 0 Å². The largest absolute Gasteiger partial charge is 0.299 e. The van der Waals surface area contributed by atoms with Crippen LogP contribution in [0, 0.1) is 0 Å². The van der Waals surface area contributed by atoms with Gasteiger partial charge in [0.15, 0.2) is 0 Å². The monoisotopic (exact) mass is 230 g/mol. The average Bonchev–Trinajstić information content (AvgIpc) is 2.84. The van der Waals surface area contributed by atoms with Gasteiger partial charge < -0.3 is 0 Å². The topological polar surface area (TPSA) is 17.1 Å². The molecule has 2 aromatic rings. The molecule has 0 fully saturated rings. The van der Waals surface area contributed by atoms with E-state index in [1.807, 2.05) is 54.8 Å². The number of ketones is 1. The van der Waals surface area contributed by atoms with Gasteiger partial charge in [-0.15, -0.1) is 11.3 Å².